The Kier molecular flexibility index (Phi) is 4.34. The Morgan fingerprint density at radius 3 is 2.89 bits per heavy atom. The van der Waals surface area contributed by atoms with Crippen LogP contribution < -0.4 is 5.32 Å². The molecule has 0 fully saturated rings. The van der Waals surface area contributed by atoms with Gasteiger partial charge < -0.3 is 5.32 Å². The van der Waals surface area contributed by atoms with Crippen LogP contribution in [0.2, 0.25) is 5.02 Å². The van der Waals surface area contributed by atoms with Gasteiger partial charge >= 0.3 is 0 Å². The molecule has 0 radical (unpaired) electrons. The van der Waals surface area contributed by atoms with Crippen LogP contribution >= 0.6 is 22.9 Å². The lowest BCUT2D eigenvalue weighted by Crippen LogP contribution is -1.98. The molecule has 0 atom stereocenters. The number of nitrogens with one attached hydrogen (secondary N) is 1. The SMILES string of the molecule is CCc1ncc(CNc2ccc([N+](=O)[O-])cc2Cl)s1. The van der Waals surface area contributed by atoms with Crippen molar-refractivity contribution >= 4 is 34.3 Å². The summed E-state index contributed by atoms with van der Waals surface area (Å²) in [6.45, 7) is 2.67. The van der Waals surface area contributed by atoms with E-state index in [1.807, 2.05) is 6.20 Å². The van der Waals surface area contributed by atoms with Crippen LogP contribution in [0.5, 0.6) is 0 Å². The van der Waals surface area contributed by atoms with Crippen molar-refractivity contribution in [1.82, 2.24) is 4.98 Å². The Labute approximate surface area is 119 Å². The van der Waals surface area contributed by atoms with Gasteiger partial charge in [0.25, 0.3) is 5.69 Å². The topological polar surface area (TPSA) is 68.1 Å². The van der Waals surface area contributed by atoms with Gasteiger partial charge in [0, 0.05) is 23.2 Å². The minimum Gasteiger partial charge on any atom is -0.379 e. The van der Waals surface area contributed by atoms with E-state index < -0.39 is 4.92 Å². The first-order valence-electron chi connectivity index (χ1n) is 5.71. The highest BCUT2D eigenvalue weighted by Gasteiger charge is 2.09. The molecule has 0 bridgehead atoms. The van der Waals surface area contributed by atoms with Crippen LogP contribution in [0.3, 0.4) is 0 Å². The number of anilines is 1. The molecule has 0 saturated heterocycles. The van der Waals surface area contributed by atoms with Crippen molar-refractivity contribution in [2.24, 2.45) is 0 Å². The standard InChI is InChI=1S/C12H12ClN3O2S/c1-2-12-15-7-9(19-12)6-14-11-4-3-8(16(17)18)5-10(11)13/h3-5,7,14H,2,6H2,1H3. The monoisotopic (exact) mass is 297 g/mol. The second-order valence-electron chi connectivity index (χ2n) is 3.85. The number of nitro benzene ring substituents is 1. The second-order valence-corrected chi connectivity index (χ2v) is 5.46. The highest BCUT2D eigenvalue weighted by atomic mass is 35.5. The number of hydrogen-bond donors (Lipinski definition) is 1. The largest absolute Gasteiger partial charge is 0.379 e. The van der Waals surface area contributed by atoms with Crippen molar-refractivity contribution in [3.63, 3.8) is 0 Å². The quantitative estimate of drug-likeness (QED) is 0.672. The minimum atomic E-state index is -0.466. The number of rotatable bonds is 5. The molecule has 7 heteroatoms. The number of hydrogen-bond acceptors (Lipinski definition) is 5. The molecule has 100 valence electrons. The van der Waals surface area contributed by atoms with Crippen molar-refractivity contribution in [3.8, 4) is 0 Å². The smallest absolute Gasteiger partial charge is 0.271 e. The predicted molar refractivity (Wildman–Crippen MR) is 76.9 cm³/mol. The van der Waals surface area contributed by atoms with E-state index in [9.17, 15) is 10.1 Å². The van der Waals surface area contributed by atoms with E-state index in [-0.39, 0.29) is 5.69 Å². The first kappa shape index (κ1) is 13.8. The van der Waals surface area contributed by atoms with Gasteiger partial charge in [0.15, 0.2) is 0 Å². The number of non-ortho nitro benzene ring substituents is 1. The molecule has 0 unspecified atom stereocenters. The van der Waals surface area contributed by atoms with Crippen LogP contribution in [0, 0.1) is 10.1 Å². The fourth-order valence-corrected chi connectivity index (χ4v) is 2.58. The number of nitro groups is 1. The summed E-state index contributed by atoms with van der Waals surface area (Å²) in [6, 6.07) is 4.38. The van der Waals surface area contributed by atoms with E-state index in [2.05, 4.69) is 17.2 Å². The van der Waals surface area contributed by atoms with Gasteiger partial charge in [-0.25, -0.2) is 4.98 Å². The van der Waals surface area contributed by atoms with Gasteiger partial charge in [-0.2, -0.15) is 0 Å². The molecule has 19 heavy (non-hydrogen) atoms. The van der Waals surface area contributed by atoms with Crippen LogP contribution in [-0.4, -0.2) is 9.91 Å². The summed E-state index contributed by atoms with van der Waals surface area (Å²) >= 11 is 7.63. The Hall–Kier alpha value is -1.66. The van der Waals surface area contributed by atoms with Crippen LogP contribution in [0.4, 0.5) is 11.4 Å². The van der Waals surface area contributed by atoms with E-state index in [1.165, 1.54) is 12.1 Å². The zero-order valence-electron chi connectivity index (χ0n) is 10.2. The first-order chi connectivity index (χ1) is 9.10. The number of aryl methyl sites for hydroxylation is 1. The third-order valence-corrected chi connectivity index (χ3v) is 3.97. The predicted octanol–water partition coefficient (Wildman–Crippen LogP) is 3.88. The Balaban J connectivity index is 2.05. The van der Waals surface area contributed by atoms with Gasteiger partial charge in [-0.15, -0.1) is 11.3 Å². The third-order valence-electron chi connectivity index (χ3n) is 2.52. The molecule has 0 aliphatic heterocycles. The molecule has 1 aromatic heterocycles. The average molecular weight is 298 g/mol. The molecular weight excluding hydrogens is 286 g/mol. The summed E-state index contributed by atoms with van der Waals surface area (Å²) in [6.07, 6.45) is 2.75. The zero-order chi connectivity index (χ0) is 13.8. The minimum absolute atomic E-state index is 0.0124. The van der Waals surface area contributed by atoms with Crippen LogP contribution in [0.15, 0.2) is 24.4 Å². The maximum atomic E-state index is 10.6. The van der Waals surface area contributed by atoms with Crippen molar-refractivity contribution in [2.45, 2.75) is 19.9 Å². The highest BCUT2D eigenvalue weighted by molar-refractivity contribution is 7.11. The fraction of sp³-hybridized carbons (Fsp3) is 0.250. The lowest BCUT2D eigenvalue weighted by Gasteiger charge is -2.06. The number of benzene rings is 1. The van der Waals surface area contributed by atoms with E-state index in [0.29, 0.717) is 17.3 Å². The summed E-state index contributed by atoms with van der Waals surface area (Å²) in [5.41, 5.74) is 0.667. The molecule has 1 heterocycles. The molecule has 0 saturated carbocycles. The van der Waals surface area contributed by atoms with E-state index in [4.69, 9.17) is 11.6 Å². The molecule has 0 amide bonds. The summed E-state index contributed by atoms with van der Waals surface area (Å²) in [4.78, 5) is 15.5. The van der Waals surface area contributed by atoms with Gasteiger partial charge in [-0.1, -0.05) is 18.5 Å². The molecule has 5 nitrogen and oxygen atoms in total. The van der Waals surface area contributed by atoms with E-state index in [1.54, 1.807) is 17.4 Å². The zero-order valence-corrected chi connectivity index (χ0v) is 11.8. The molecule has 0 aliphatic rings. The number of aromatic nitrogens is 1. The van der Waals surface area contributed by atoms with E-state index >= 15 is 0 Å². The number of nitrogens with zero attached hydrogens (tertiary/aromatic N) is 2. The highest BCUT2D eigenvalue weighted by Crippen LogP contribution is 2.27. The molecule has 2 rings (SSSR count). The van der Waals surface area contributed by atoms with Gasteiger partial charge in [-0.05, 0) is 12.5 Å². The van der Waals surface area contributed by atoms with Gasteiger partial charge in [0.2, 0.25) is 0 Å². The Morgan fingerprint density at radius 1 is 1.53 bits per heavy atom. The fourth-order valence-electron chi connectivity index (χ4n) is 1.54. The van der Waals surface area contributed by atoms with Crippen molar-refractivity contribution < 1.29 is 4.92 Å². The average Bonchev–Trinajstić information content (AvgIpc) is 2.85. The summed E-state index contributed by atoms with van der Waals surface area (Å²) in [7, 11) is 0. The van der Waals surface area contributed by atoms with E-state index in [0.717, 1.165) is 16.3 Å². The normalized spacial score (nSPS) is 10.4. The summed E-state index contributed by atoms with van der Waals surface area (Å²) in [5.74, 6) is 0. The van der Waals surface area contributed by atoms with Gasteiger partial charge in [-0.3, -0.25) is 10.1 Å². The molecule has 1 aromatic carbocycles. The van der Waals surface area contributed by atoms with Crippen molar-refractivity contribution in [1.29, 1.82) is 0 Å². The maximum absolute atomic E-state index is 10.6. The first-order valence-corrected chi connectivity index (χ1v) is 6.91. The second kappa shape index (κ2) is 5.99. The summed E-state index contributed by atoms with van der Waals surface area (Å²) in [5, 5.41) is 15.2. The lowest BCUT2D eigenvalue weighted by molar-refractivity contribution is -0.384. The van der Waals surface area contributed by atoms with Gasteiger partial charge in [0.05, 0.1) is 27.2 Å². The van der Waals surface area contributed by atoms with Crippen LogP contribution in [0.1, 0.15) is 16.8 Å². The molecular formula is C12H12ClN3O2S. The summed E-state index contributed by atoms with van der Waals surface area (Å²) < 4.78 is 0. The lowest BCUT2D eigenvalue weighted by atomic mass is 10.3. The maximum Gasteiger partial charge on any atom is 0.271 e. The number of thiazole rings is 1. The van der Waals surface area contributed by atoms with Crippen molar-refractivity contribution in [2.75, 3.05) is 5.32 Å². The molecule has 0 spiro atoms. The molecule has 2 aromatic rings. The van der Waals surface area contributed by atoms with Gasteiger partial charge in [0.1, 0.15) is 0 Å². The van der Waals surface area contributed by atoms with Crippen molar-refractivity contribution in [3.05, 3.63) is 49.4 Å². The molecule has 1 N–H and O–H groups in total. The Morgan fingerprint density at radius 2 is 2.32 bits per heavy atom. The van der Waals surface area contributed by atoms with Crippen LogP contribution in [-0.2, 0) is 13.0 Å². The molecule has 0 aliphatic carbocycles. The number of halogens is 1. The van der Waals surface area contributed by atoms with Crippen LogP contribution in [0.25, 0.3) is 0 Å². The third kappa shape index (κ3) is 3.42. The Bertz CT molecular complexity index is 600.